The third-order valence-corrected chi connectivity index (χ3v) is 6.25. The van der Waals surface area contributed by atoms with Gasteiger partial charge >= 0.3 is 0 Å². The number of methoxy groups -OCH3 is 1. The van der Waals surface area contributed by atoms with E-state index in [1.54, 1.807) is 19.2 Å². The van der Waals surface area contributed by atoms with E-state index in [1.165, 1.54) is 11.3 Å². The maximum absolute atomic E-state index is 12.2. The van der Waals surface area contributed by atoms with Gasteiger partial charge in [0.2, 0.25) is 10.0 Å². The third-order valence-electron chi connectivity index (χ3n) is 3.16. The fourth-order valence-electron chi connectivity index (χ4n) is 2.21. The van der Waals surface area contributed by atoms with Crippen LogP contribution in [0, 0.1) is 0 Å². The highest BCUT2D eigenvalue weighted by Crippen LogP contribution is 2.26. The van der Waals surface area contributed by atoms with Gasteiger partial charge in [-0.1, -0.05) is 0 Å². The first-order valence-corrected chi connectivity index (χ1v) is 8.20. The van der Waals surface area contributed by atoms with Gasteiger partial charge in [-0.3, -0.25) is 0 Å². The molecule has 0 saturated heterocycles. The number of ether oxygens (including phenoxy) is 1. The first-order chi connectivity index (χ1) is 8.56. The van der Waals surface area contributed by atoms with Crippen molar-refractivity contribution in [1.29, 1.82) is 0 Å². The van der Waals surface area contributed by atoms with Crippen molar-refractivity contribution in [1.82, 2.24) is 4.72 Å². The Morgan fingerprint density at radius 3 is 2.89 bits per heavy atom. The molecular formula is C11H18N2O3S2. The normalized spacial score (nSPS) is 24.6. The predicted molar refractivity (Wildman–Crippen MR) is 71.0 cm³/mol. The van der Waals surface area contributed by atoms with Gasteiger partial charge in [0, 0.05) is 24.6 Å². The smallest absolute Gasteiger partial charge is 0.250 e. The van der Waals surface area contributed by atoms with E-state index in [2.05, 4.69) is 4.72 Å². The van der Waals surface area contributed by atoms with Gasteiger partial charge in [-0.2, -0.15) is 0 Å². The fraction of sp³-hybridized carbons (Fsp3) is 0.636. The molecule has 0 aliphatic heterocycles. The Morgan fingerprint density at radius 2 is 2.28 bits per heavy atom. The van der Waals surface area contributed by atoms with Crippen LogP contribution in [0.2, 0.25) is 0 Å². The summed E-state index contributed by atoms with van der Waals surface area (Å²) in [6, 6.07) is 3.23. The second-order valence-corrected chi connectivity index (χ2v) is 7.47. The molecule has 3 N–H and O–H groups in total. The van der Waals surface area contributed by atoms with Crippen molar-refractivity contribution in [3.63, 3.8) is 0 Å². The average Bonchev–Trinajstić information content (AvgIpc) is 2.96. The van der Waals surface area contributed by atoms with E-state index in [-0.39, 0.29) is 12.1 Å². The molecule has 18 heavy (non-hydrogen) atoms. The summed E-state index contributed by atoms with van der Waals surface area (Å²) in [4.78, 5) is 0.866. The number of nitrogens with one attached hydrogen (secondary N) is 1. The quantitative estimate of drug-likeness (QED) is 0.849. The molecule has 2 rings (SSSR count). The molecule has 1 aromatic heterocycles. The van der Waals surface area contributed by atoms with Crippen molar-refractivity contribution >= 4 is 21.4 Å². The summed E-state index contributed by atoms with van der Waals surface area (Å²) in [5.41, 5.74) is 5.49. The molecule has 2 unspecified atom stereocenters. The minimum Gasteiger partial charge on any atom is -0.380 e. The molecule has 7 heteroatoms. The SMILES string of the molecule is COC1CCCC1NS(=O)(=O)c1ccc(CN)s1. The van der Waals surface area contributed by atoms with Gasteiger partial charge in [0.05, 0.1) is 6.10 Å². The van der Waals surface area contributed by atoms with Gasteiger partial charge < -0.3 is 10.5 Å². The highest BCUT2D eigenvalue weighted by atomic mass is 32.2. The highest BCUT2D eigenvalue weighted by molar-refractivity contribution is 7.91. The van der Waals surface area contributed by atoms with Crippen LogP contribution in [-0.4, -0.2) is 27.7 Å². The van der Waals surface area contributed by atoms with Gasteiger partial charge in [0.25, 0.3) is 0 Å². The van der Waals surface area contributed by atoms with Crippen molar-refractivity contribution < 1.29 is 13.2 Å². The Balaban J connectivity index is 2.11. The number of thiophene rings is 1. The van der Waals surface area contributed by atoms with Crippen molar-refractivity contribution in [3.05, 3.63) is 17.0 Å². The first kappa shape index (κ1) is 14.0. The molecule has 0 aromatic carbocycles. The molecule has 1 aliphatic carbocycles. The molecule has 0 radical (unpaired) electrons. The second-order valence-electron chi connectivity index (χ2n) is 4.36. The van der Waals surface area contributed by atoms with E-state index < -0.39 is 10.0 Å². The third kappa shape index (κ3) is 2.92. The van der Waals surface area contributed by atoms with E-state index in [9.17, 15) is 8.42 Å². The van der Waals surface area contributed by atoms with Crippen LogP contribution in [0.4, 0.5) is 0 Å². The van der Waals surface area contributed by atoms with Crippen LogP contribution in [-0.2, 0) is 21.3 Å². The fourth-order valence-corrected chi connectivity index (χ4v) is 4.76. The number of sulfonamides is 1. The van der Waals surface area contributed by atoms with E-state index >= 15 is 0 Å². The molecule has 1 heterocycles. The molecule has 0 bridgehead atoms. The lowest BCUT2D eigenvalue weighted by molar-refractivity contribution is 0.0916. The zero-order chi connectivity index (χ0) is 13.2. The van der Waals surface area contributed by atoms with Crippen LogP contribution in [0.15, 0.2) is 16.3 Å². The topological polar surface area (TPSA) is 81.4 Å². The van der Waals surface area contributed by atoms with Gasteiger partial charge in [0.1, 0.15) is 4.21 Å². The van der Waals surface area contributed by atoms with Crippen molar-refractivity contribution in [2.24, 2.45) is 5.73 Å². The van der Waals surface area contributed by atoms with E-state index in [0.717, 1.165) is 24.1 Å². The number of nitrogens with two attached hydrogens (primary N) is 1. The standard InChI is InChI=1S/C11H18N2O3S2/c1-16-10-4-2-3-9(10)13-18(14,15)11-6-5-8(7-12)17-11/h5-6,9-10,13H,2-4,7,12H2,1H3. The van der Waals surface area contributed by atoms with Crippen molar-refractivity contribution in [2.45, 2.75) is 42.2 Å². The molecule has 102 valence electrons. The summed E-state index contributed by atoms with van der Waals surface area (Å²) >= 11 is 1.22. The van der Waals surface area contributed by atoms with Crippen molar-refractivity contribution in [3.8, 4) is 0 Å². The Labute approximate surface area is 111 Å². The summed E-state index contributed by atoms with van der Waals surface area (Å²) in [5, 5.41) is 0. The minimum atomic E-state index is -3.44. The number of rotatable bonds is 5. The zero-order valence-electron chi connectivity index (χ0n) is 10.3. The van der Waals surface area contributed by atoms with E-state index in [4.69, 9.17) is 10.5 Å². The molecule has 0 spiro atoms. The average molecular weight is 290 g/mol. The monoisotopic (exact) mass is 290 g/mol. The van der Waals surface area contributed by atoms with E-state index in [1.807, 2.05) is 0 Å². The Hall–Kier alpha value is -0.470. The lowest BCUT2D eigenvalue weighted by atomic mass is 10.2. The second kappa shape index (κ2) is 5.66. The van der Waals surface area contributed by atoms with Gasteiger partial charge in [-0.15, -0.1) is 11.3 Å². The summed E-state index contributed by atoms with van der Waals surface area (Å²) < 4.78 is 32.7. The Kier molecular flexibility index (Phi) is 4.39. The molecule has 0 amide bonds. The van der Waals surface area contributed by atoms with Gasteiger partial charge in [-0.05, 0) is 31.4 Å². The minimum absolute atomic E-state index is 0.0197. The van der Waals surface area contributed by atoms with Crippen LogP contribution >= 0.6 is 11.3 Å². The Bertz CT molecular complexity index is 498. The molecule has 5 nitrogen and oxygen atoms in total. The maximum atomic E-state index is 12.2. The lowest BCUT2D eigenvalue weighted by Gasteiger charge is -2.18. The summed E-state index contributed by atoms with van der Waals surface area (Å²) in [6.45, 7) is 0.365. The van der Waals surface area contributed by atoms with Crippen LogP contribution in [0.25, 0.3) is 0 Å². The lowest BCUT2D eigenvalue weighted by Crippen LogP contribution is -2.40. The Morgan fingerprint density at radius 1 is 1.50 bits per heavy atom. The molecule has 1 aromatic rings. The molecular weight excluding hydrogens is 272 g/mol. The maximum Gasteiger partial charge on any atom is 0.250 e. The summed E-state index contributed by atoms with van der Waals surface area (Å²) in [6.07, 6.45) is 2.70. The number of hydrogen-bond donors (Lipinski definition) is 2. The molecule has 2 atom stereocenters. The highest BCUT2D eigenvalue weighted by Gasteiger charge is 2.31. The molecule has 1 saturated carbocycles. The molecule has 1 aliphatic rings. The summed E-state index contributed by atoms with van der Waals surface area (Å²) in [7, 11) is -1.82. The molecule has 1 fully saturated rings. The first-order valence-electron chi connectivity index (χ1n) is 5.90. The van der Waals surface area contributed by atoms with E-state index in [0.29, 0.717) is 10.8 Å². The van der Waals surface area contributed by atoms with Crippen molar-refractivity contribution in [2.75, 3.05) is 7.11 Å². The van der Waals surface area contributed by atoms with Gasteiger partial charge in [0.15, 0.2) is 0 Å². The van der Waals surface area contributed by atoms with Gasteiger partial charge in [-0.25, -0.2) is 13.1 Å². The van der Waals surface area contributed by atoms with Crippen LogP contribution in [0.1, 0.15) is 24.1 Å². The van der Waals surface area contributed by atoms with Crippen LogP contribution in [0.3, 0.4) is 0 Å². The largest absolute Gasteiger partial charge is 0.380 e. The van der Waals surface area contributed by atoms with Crippen LogP contribution in [0.5, 0.6) is 0 Å². The zero-order valence-corrected chi connectivity index (χ0v) is 11.9. The predicted octanol–water partition coefficient (Wildman–Crippen LogP) is 1.05. The number of hydrogen-bond acceptors (Lipinski definition) is 5. The van der Waals surface area contributed by atoms with Crippen LogP contribution < -0.4 is 10.5 Å². The summed E-state index contributed by atoms with van der Waals surface area (Å²) in [5.74, 6) is 0.